The highest BCUT2D eigenvalue weighted by atomic mass is 32.2. The molecule has 138 valence electrons. The molecule has 4 aliphatic carbocycles. The Morgan fingerprint density at radius 3 is 1.96 bits per heavy atom. The van der Waals surface area contributed by atoms with E-state index >= 15 is 0 Å². The first-order valence-corrected chi connectivity index (χ1v) is 9.15. The van der Waals surface area contributed by atoms with E-state index in [-0.39, 0.29) is 0 Å². The number of carbonyl (C=O) groups is 1. The number of halogens is 4. The van der Waals surface area contributed by atoms with E-state index in [1.807, 2.05) is 0 Å². The first-order valence-electron chi connectivity index (χ1n) is 8.08. The van der Waals surface area contributed by atoms with Gasteiger partial charge >= 0.3 is 17.1 Å². The smallest absolute Gasteiger partial charge is 0.371 e. The van der Waals surface area contributed by atoms with Crippen LogP contribution < -0.4 is 0 Å². The molecule has 4 fully saturated rings. The summed E-state index contributed by atoms with van der Waals surface area (Å²) in [4.78, 5) is 12.4. The van der Waals surface area contributed by atoms with Gasteiger partial charge in [-0.3, -0.25) is 9.00 Å². The van der Waals surface area contributed by atoms with Crippen molar-refractivity contribution in [3.05, 3.63) is 0 Å². The van der Waals surface area contributed by atoms with Crippen LogP contribution in [-0.2, 0) is 20.6 Å². The lowest BCUT2D eigenvalue weighted by atomic mass is 9.49. The van der Waals surface area contributed by atoms with Crippen LogP contribution in [0.5, 0.6) is 0 Å². The molecule has 0 saturated heterocycles. The molecular weight excluding hydrogens is 352 g/mol. The van der Waals surface area contributed by atoms with Crippen LogP contribution in [0.4, 0.5) is 17.6 Å². The Morgan fingerprint density at radius 2 is 1.54 bits per heavy atom. The van der Waals surface area contributed by atoms with Gasteiger partial charge in [-0.1, -0.05) is 0 Å². The third-order valence-corrected chi connectivity index (χ3v) is 6.47. The molecule has 4 rings (SSSR count). The molecule has 1 unspecified atom stereocenters. The average Bonchev–Trinajstić information content (AvgIpc) is 2.45. The Balaban J connectivity index is 1.58. The fourth-order valence-electron chi connectivity index (χ4n) is 5.05. The second-order valence-electron chi connectivity index (χ2n) is 7.54. The summed E-state index contributed by atoms with van der Waals surface area (Å²) in [7, 11) is 0. The second kappa shape index (κ2) is 5.93. The minimum atomic E-state index is -5.18. The Hall–Kier alpha value is -0.700. The number of alkyl halides is 4. The van der Waals surface area contributed by atoms with Gasteiger partial charge in [0, 0.05) is 11.1 Å². The van der Waals surface area contributed by atoms with Gasteiger partial charge in [0.15, 0.2) is 0 Å². The molecule has 0 N–H and O–H groups in total. The number of hydrogen-bond donors (Lipinski definition) is 0. The van der Waals surface area contributed by atoms with Crippen molar-refractivity contribution in [2.24, 2.45) is 23.2 Å². The van der Waals surface area contributed by atoms with Crippen molar-refractivity contribution in [3.63, 3.8) is 0 Å². The van der Waals surface area contributed by atoms with Gasteiger partial charge in [-0.05, 0) is 56.3 Å². The molecular formula is C15H19F4O4S-. The summed E-state index contributed by atoms with van der Waals surface area (Å²) < 4.78 is 78.0. The number of ether oxygens (including phenoxy) is 1. The van der Waals surface area contributed by atoms with Crippen molar-refractivity contribution in [3.8, 4) is 0 Å². The molecule has 0 aromatic carbocycles. The quantitative estimate of drug-likeness (QED) is 0.408. The molecule has 4 saturated carbocycles. The van der Waals surface area contributed by atoms with Gasteiger partial charge in [0.05, 0.1) is 18.4 Å². The maximum Gasteiger partial charge on any atom is 0.371 e. The predicted molar refractivity (Wildman–Crippen MR) is 75.0 cm³/mol. The molecule has 4 nitrogen and oxygen atoms in total. The van der Waals surface area contributed by atoms with E-state index in [4.69, 9.17) is 4.74 Å². The first-order chi connectivity index (χ1) is 11.1. The van der Waals surface area contributed by atoms with Gasteiger partial charge in [-0.15, -0.1) is 0 Å². The number of carbonyl (C=O) groups excluding carboxylic acids is 1. The zero-order valence-electron chi connectivity index (χ0n) is 12.9. The van der Waals surface area contributed by atoms with Gasteiger partial charge in [0.25, 0.3) is 0 Å². The van der Waals surface area contributed by atoms with E-state index < -0.39 is 46.7 Å². The van der Waals surface area contributed by atoms with Crippen molar-refractivity contribution in [2.45, 2.75) is 56.1 Å². The summed E-state index contributed by atoms with van der Waals surface area (Å²) in [5, 5.41) is -5.18. The standard InChI is InChI=1S/C15H20F4O4S/c16-14(17,15(18,19)24(21)22)1-2-23-12(20)13-6-9-3-10(7-13)5-11(4-9)8-13/h9-11H,1-8H2,(H,21,22)/p-1. The van der Waals surface area contributed by atoms with E-state index in [1.165, 1.54) is 0 Å². The molecule has 4 aliphatic rings. The molecule has 0 spiro atoms. The largest absolute Gasteiger partial charge is 0.768 e. The van der Waals surface area contributed by atoms with Crippen LogP contribution >= 0.6 is 0 Å². The molecule has 0 aromatic heterocycles. The Morgan fingerprint density at radius 1 is 1.08 bits per heavy atom. The molecule has 0 radical (unpaired) electrons. The van der Waals surface area contributed by atoms with Crippen LogP contribution in [0.25, 0.3) is 0 Å². The van der Waals surface area contributed by atoms with Crippen LogP contribution in [0.2, 0.25) is 0 Å². The van der Waals surface area contributed by atoms with Gasteiger partial charge < -0.3 is 9.29 Å². The highest BCUT2D eigenvalue weighted by Gasteiger charge is 2.58. The highest BCUT2D eigenvalue weighted by Crippen LogP contribution is 2.60. The molecule has 0 aliphatic heterocycles. The van der Waals surface area contributed by atoms with Crippen molar-refractivity contribution < 1.29 is 35.9 Å². The molecule has 0 heterocycles. The molecule has 9 heteroatoms. The normalized spacial score (nSPS) is 36.6. The van der Waals surface area contributed by atoms with Gasteiger partial charge in [0.2, 0.25) is 0 Å². The van der Waals surface area contributed by atoms with Crippen LogP contribution in [0.15, 0.2) is 0 Å². The summed E-state index contributed by atoms with van der Waals surface area (Å²) in [6.07, 6.45) is 3.77. The number of rotatable bonds is 6. The van der Waals surface area contributed by atoms with Gasteiger partial charge in [-0.25, -0.2) is 0 Å². The van der Waals surface area contributed by atoms with E-state index in [0.29, 0.717) is 37.0 Å². The van der Waals surface area contributed by atoms with Crippen molar-refractivity contribution >= 4 is 17.0 Å². The van der Waals surface area contributed by atoms with Crippen molar-refractivity contribution in [1.82, 2.24) is 0 Å². The van der Waals surface area contributed by atoms with Crippen LogP contribution in [-0.4, -0.2) is 32.5 Å². The highest BCUT2D eigenvalue weighted by molar-refractivity contribution is 7.80. The van der Waals surface area contributed by atoms with Crippen LogP contribution in [0.3, 0.4) is 0 Å². The summed E-state index contributed by atoms with van der Waals surface area (Å²) in [5.74, 6) is -4.00. The molecule has 4 bridgehead atoms. The van der Waals surface area contributed by atoms with Crippen LogP contribution in [0, 0.1) is 23.2 Å². The number of hydrogen-bond acceptors (Lipinski definition) is 4. The lowest BCUT2D eigenvalue weighted by Gasteiger charge is -2.55. The van der Waals surface area contributed by atoms with Crippen molar-refractivity contribution in [2.75, 3.05) is 6.61 Å². The fraction of sp³-hybridized carbons (Fsp3) is 0.933. The maximum absolute atomic E-state index is 13.3. The zero-order valence-corrected chi connectivity index (χ0v) is 13.8. The number of esters is 1. The minimum Gasteiger partial charge on any atom is -0.768 e. The average molecular weight is 371 g/mol. The third kappa shape index (κ3) is 2.98. The SMILES string of the molecule is O=C(OCCC(F)(F)C(F)(F)S(=O)[O-])C12CC3CC(CC(C3)C1)C2. The van der Waals surface area contributed by atoms with Crippen molar-refractivity contribution in [1.29, 1.82) is 0 Å². The molecule has 0 aromatic rings. The topological polar surface area (TPSA) is 66.4 Å². The lowest BCUT2D eigenvalue weighted by Crippen LogP contribution is -2.51. The fourth-order valence-corrected chi connectivity index (χ4v) is 5.40. The van der Waals surface area contributed by atoms with E-state index in [1.54, 1.807) is 0 Å². The summed E-state index contributed by atoms with van der Waals surface area (Å²) in [6.45, 7) is -0.916. The Kier molecular flexibility index (Phi) is 4.47. The minimum absolute atomic E-state index is 0.456. The summed E-state index contributed by atoms with van der Waals surface area (Å²) >= 11 is -4.24. The second-order valence-corrected chi connectivity index (χ2v) is 8.52. The molecule has 24 heavy (non-hydrogen) atoms. The zero-order chi connectivity index (χ0) is 17.8. The molecule has 0 amide bonds. The van der Waals surface area contributed by atoms with E-state index in [0.717, 1.165) is 19.3 Å². The first kappa shape index (κ1) is 18.1. The lowest BCUT2D eigenvalue weighted by molar-refractivity contribution is -0.184. The van der Waals surface area contributed by atoms with Gasteiger partial charge in [-0.2, -0.15) is 17.6 Å². The maximum atomic E-state index is 13.3. The predicted octanol–water partition coefficient (Wildman–Crippen LogP) is 3.24. The Bertz CT molecular complexity index is 516. The summed E-state index contributed by atoms with van der Waals surface area (Å²) in [6, 6.07) is 0. The molecule has 1 atom stereocenters. The Labute approximate surface area is 139 Å². The van der Waals surface area contributed by atoms with E-state index in [9.17, 15) is 31.1 Å². The summed E-state index contributed by atoms with van der Waals surface area (Å²) in [5.41, 5.74) is -0.659. The van der Waals surface area contributed by atoms with Gasteiger partial charge in [0.1, 0.15) is 0 Å². The van der Waals surface area contributed by atoms with E-state index in [2.05, 4.69) is 0 Å². The monoisotopic (exact) mass is 371 g/mol. The third-order valence-electron chi connectivity index (χ3n) is 5.76. The van der Waals surface area contributed by atoms with Crippen LogP contribution in [0.1, 0.15) is 44.9 Å².